The highest BCUT2D eigenvalue weighted by molar-refractivity contribution is 7.92. The zero-order valence-corrected chi connectivity index (χ0v) is 10.4. The van der Waals surface area contributed by atoms with Gasteiger partial charge in [-0.05, 0) is 32.6 Å². The fourth-order valence-corrected chi connectivity index (χ4v) is 2.35. The number of sulfonamides is 1. The fourth-order valence-electron chi connectivity index (χ4n) is 1.73. The van der Waals surface area contributed by atoms with Gasteiger partial charge < -0.3 is 0 Å². The van der Waals surface area contributed by atoms with Crippen molar-refractivity contribution >= 4 is 15.8 Å². The molecule has 0 aromatic carbocycles. The summed E-state index contributed by atoms with van der Waals surface area (Å²) in [7, 11) is -3.21. The largest absolute Gasteiger partial charge is 0.268 e. The molecule has 1 fully saturated rings. The number of hydrogen-bond donors (Lipinski definition) is 1. The molecule has 1 unspecified atom stereocenters. The van der Waals surface area contributed by atoms with E-state index in [4.69, 9.17) is 0 Å². The highest BCUT2D eigenvalue weighted by Gasteiger charge is 2.30. The van der Waals surface area contributed by atoms with Gasteiger partial charge in [-0.25, -0.2) is 13.1 Å². The Hall–Kier alpha value is -1.04. The summed E-state index contributed by atoms with van der Waals surface area (Å²) in [5.41, 5.74) is 0. The number of hydrogen-bond acceptors (Lipinski definition) is 3. The number of aromatic nitrogens is 2. The third-order valence-corrected chi connectivity index (χ3v) is 4.28. The molecular weight excluding hydrogens is 226 g/mol. The third-order valence-electron chi connectivity index (χ3n) is 3.00. The Morgan fingerprint density at radius 1 is 1.62 bits per heavy atom. The summed E-state index contributed by atoms with van der Waals surface area (Å²) in [6.45, 7) is 3.70. The average molecular weight is 243 g/mol. The van der Waals surface area contributed by atoms with Gasteiger partial charge in [0, 0.05) is 6.07 Å². The normalized spacial score (nSPS) is 18.4. The van der Waals surface area contributed by atoms with Crippen LogP contribution >= 0.6 is 0 Å². The zero-order chi connectivity index (χ0) is 11.8. The number of anilines is 1. The lowest BCUT2D eigenvalue weighted by Gasteiger charge is -2.15. The van der Waals surface area contributed by atoms with Crippen LogP contribution in [0.25, 0.3) is 0 Å². The Balaban J connectivity index is 2.18. The van der Waals surface area contributed by atoms with Crippen molar-refractivity contribution in [3.8, 4) is 0 Å². The summed E-state index contributed by atoms with van der Waals surface area (Å²) in [6.07, 6.45) is 4.05. The second-order valence-corrected chi connectivity index (χ2v) is 6.26. The molecule has 0 spiro atoms. The Bertz CT molecular complexity index is 462. The summed E-state index contributed by atoms with van der Waals surface area (Å²) in [6, 6.07) is 1.97. The number of nitrogens with zero attached hydrogens (tertiary/aromatic N) is 2. The van der Waals surface area contributed by atoms with Gasteiger partial charge in [-0.1, -0.05) is 0 Å². The van der Waals surface area contributed by atoms with E-state index in [2.05, 4.69) is 16.7 Å². The third kappa shape index (κ3) is 2.37. The molecule has 90 valence electrons. The number of nitrogens with one attached hydrogen (secondary N) is 1. The summed E-state index contributed by atoms with van der Waals surface area (Å²) in [5.74, 6) is 1.29. The molecule has 1 atom stereocenters. The standard InChI is InChI=1S/C10H17N3O2S/c1-3-16(14,15)12-10-6-7-11-13(10)8(2)9-4-5-9/h6-9,12H,3-5H2,1-2H3. The maximum absolute atomic E-state index is 11.5. The van der Waals surface area contributed by atoms with Crippen molar-refractivity contribution in [2.75, 3.05) is 10.5 Å². The molecule has 1 aromatic heterocycles. The molecule has 0 amide bonds. The molecule has 0 radical (unpaired) electrons. The number of rotatable bonds is 5. The van der Waals surface area contributed by atoms with Gasteiger partial charge in [0.1, 0.15) is 5.82 Å². The van der Waals surface area contributed by atoms with E-state index in [1.54, 1.807) is 23.9 Å². The first-order chi connectivity index (χ1) is 7.53. The van der Waals surface area contributed by atoms with Gasteiger partial charge in [0.2, 0.25) is 10.0 Å². The summed E-state index contributed by atoms with van der Waals surface area (Å²) in [4.78, 5) is 0. The first-order valence-electron chi connectivity index (χ1n) is 5.57. The van der Waals surface area contributed by atoms with Crippen molar-refractivity contribution in [1.29, 1.82) is 0 Å². The van der Waals surface area contributed by atoms with Gasteiger partial charge in [0.25, 0.3) is 0 Å². The quantitative estimate of drug-likeness (QED) is 0.854. The lowest BCUT2D eigenvalue weighted by Crippen LogP contribution is -2.19. The zero-order valence-electron chi connectivity index (χ0n) is 9.55. The average Bonchev–Trinajstić information content (AvgIpc) is 2.99. The minimum atomic E-state index is -3.21. The molecule has 16 heavy (non-hydrogen) atoms. The molecule has 0 aliphatic heterocycles. The maximum atomic E-state index is 11.5. The van der Waals surface area contributed by atoms with Crippen molar-refractivity contribution in [3.63, 3.8) is 0 Å². The van der Waals surface area contributed by atoms with Gasteiger partial charge in [-0.3, -0.25) is 4.72 Å². The summed E-state index contributed by atoms with van der Waals surface area (Å²) in [5, 5.41) is 4.19. The van der Waals surface area contributed by atoms with Crippen LogP contribution < -0.4 is 4.72 Å². The van der Waals surface area contributed by atoms with E-state index in [0.29, 0.717) is 11.7 Å². The molecule has 1 N–H and O–H groups in total. The topological polar surface area (TPSA) is 64.0 Å². The summed E-state index contributed by atoms with van der Waals surface area (Å²) >= 11 is 0. The van der Waals surface area contributed by atoms with Gasteiger partial charge in [-0.15, -0.1) is 0 Å². The van der Waals surface area contributed by atoms with Crippen LogP contribution in [-0.2, 0) is 10.0 Å². The smallest absolute Gasteiger partial charge is 0.233 e. The van der Waals surface area contributed by atoms with Crippen molar-refractivity contribution in [3.05, 3.63) is 12.3 Å². The second-order valence-electron chi connectivity index (χ2n) is 4.24. The van der Waals surface area contributed by atoms with E-state index >= 15 is 0 Å². The van der Waals surface area contributed by atoms with Gasteiger partial charge in [-0.2, -0.15) is 5.10 Å². The van der Waals surface area contributed by atoms with Crippen LogP contribution in [0.15, 0.2) is 12.3 Å². The molecule has 0 saturated heterocycles. The van der Waals surface area contributed by atoms with Crippen LogP contribution in [0.5, 0.6) is 0 Å². The molecule has 1 aliphatic rings. The van der Waals surface area contributed by atoms with E-state index in [1.165, 1.54) is 12.8 Å². The van der Waals surface area contributed by atoms with E-state index < -0.39 is 10.0 Å². The van der Waals surface area contributed by atoms with Crippen molar-refractivity contribution in [2.24, 2.45) is 5.92 Å². The maximum Gasteiger partial charge on any atom is 0.233 e. The van der Waals surface area contributed by atoms with Gasteiger partial charge in [0.05, 0.1) is 18.0 Å². The minimum Gasteiger partial charge on any atom is -0.268 e. The monoisotopic (exact) mass is 243 g/mol. The highest BCUT2D eigenvalue weighted by Crippen LogP contribution is 2.40. The van der Waals surface area contributed by atoms with Crippen LogP contribution in [-0.4, -0.2) is 24.0 Å². The Labute approximate surface area is 95.9 Å². The van der Waals surface area contributed by atoms with E-state index in [9.17, 15) is 8.42 Å². The van der Waals surface area contributed by atoms with Crippen molar-refractivity contribution in [2.45, 2.75) is 32.7 Å². The molecule has 1 aliphatic carbocycles. The van der Waals surface area contributed by atoms with Gasteiger partial charge >= 0.3 is 0 Å². The molecule has 0 bridgehead atoms. The van der Waals surface area contributed by atoms with Crippen LogP contribution in [0.3, 0.4) is 0 Å². The van der Waals surface area contributed by atoms with E-state index in [0.717, 1.165) is 0 Å². The lowest BCUT2D eigenvalue weighted by molar-refractivity contribution is 0.446. The predicted molar refractivity (Wildman–Crippen MR) is 62.7 cm³/mol. The first-order valence-corrected chi connectivity index (χ1v) is 7.22. The first kappa shape index (κ1) is 11.4. The second kappa shape index (κ2) is 4.08. The molecule has 1 saturated carbocycles. The van der Waals surface area contributed by atoms with Crippen LogP contribution in [0.2, 0.25) is 0 Å². The van der Waals surface area contributed by atoms with Crippen LogP contribution in [0.4, 0.5) is 5.82 Å². The lowest BCUT2D eigenvalue weighted by atomic mass is 10.2. The molecule has 6 heteroatoms. The van der Waals surface area contributed by atoms with Crippen LogP contribution in [0.1, 0.15) is 32.7 Å². The molecule has 5 nitrogen and oxygen atoms in total. The highest BCUT2D eigenvalue weighted by atomic mass is 32.2. The Morgan fingerprint density at radius 2 is 2.31 bits per heavy atom. The van der Waals surface area contributed by atoms with Crippen molar-refractivity contribution in [1.82, 2.24) is 9.78 Å². The van der Waals surface area contributed by atoms with Gasteiger partial charge in [0.15, 0.2) is 0 Å². The predicted octanol–water partition coefficient (Wildman–Crippen LogP) is 1.62. The molecule has 1 heterocycles. The summed E-state index contributed by atoms with van der Waals surface area (Å²) < 4.78 is 27.3. The molecule has 1 aromatic rings. The fraction of sp³-hybridized carbons (Fsp3) is 0.700. The molecular formula is C10H17N3O2S. The minimum absolute atomic E-state index is 0.0794. The SMILES string of the molecule is CCS(=O)(=O)Nc1ccnn1C(C)C1CC1. The Morgan fingerprint density at radius 3 is 2.88 bits per heavy atom. The van der Waals surface area contributed by atoms with E-state index in [1.807, 2.05) is 0 Å². The van der Waals surface area contributed by atoms with E-state index in [-0.39, 0.29) is 11.8 Å². The Kier molecular flexibility index (Phi) is 2.92. The molecule has 2 rings (SSSR count). The van der Waals surface area contributed by atoms with Crippen molar-refractivity contribution < 1.29 is 8.42 Å². The van der Waals surface area contributed by atoms with Crippen LogP contribution in [0, 0.1) is 5.92 Å².